The summed E-state index contributed by atoms with van der Waals surface area (Å²) in [4.78, 5) is 12.0. The maximum absolute atomic E-state index is 12.0. The summed E-state index contributed by atoms with van der Waals surface area (Å²) in [6, 6.07) is 14.6. The number of rotatable bonds is 3. The van der Waals surface area contributed by atoms with Gasteiger partial charge >= 0.3 is 0 Å². The van der Waals surface area contributed by atoms with E-state index in [-0.39, 0.29) is 5.78 Å². The van der Waals surface area contributed by atoms with Crippen molar-refractivity contribution in [1.82, 2.24) is 0 Å². The first kappa shape index (κ1) is 11.7. The van der Waals surface area contributed by atoms with Crippen molar-refractivity contribution >= 4 is 23.1 Å². The largest absolute Gasteiger partial charge is 0.398 e. The molecule has 0 atom stereocenters. The van der Waals surface area contributed by atoms with Crippen LogP contribution in [0.4, 0.5) is 5.69 Å². The molecule has 0 aliphatic heterocycles. The number of Topliss-reactive ketones (excluding diaryl/α,β-unsaturated/α-hetero) is 1. The normalized spacial score (nSPS) is 10.2. The van der Waals surface area contributed by atoms with Gasteiger partial charge in [0.2, 0.25) is 0 Å². The third kappa shape index (κ3) is 2.86. The highest BCUT2D eigenvalue weighted by Gasteiger charge is 2.08. The molecule has 3 heteroatoms. The lowest BCUT2D eigenvalue weighted by Gasteiger charge is -2.03. The van der Waals surface area contributed by atoms with Crippen LogP contribution in [0.1, 0.15) is 15.9 Å². The molecule has 0 saturated carbocycles. The van der Waals surface area contributed by atoms with Crippen molar-refractivity contribution < 1.29 is 4.79 Å². The molecule has 17 heavy (non-hydrogen) atoms. The number of halogens is 1. The fourth-order valence-corrected chi connectivity index (χ4v) is 1.72. The van der Waals surface area contributed by atoms with E-state index >= 15 is 0 Å². The number of benzene rings is 2. The molecule has 0 aliphatic carbocycles. The first-order valence-electron chi connectivity index (χ1n) is 5.29. The molecule has 0 saturated heterocycles. The van der Waals surface area contributed by atoms with Crippen molar-refractivity contribution in [2.75, 3.05) is 5.73 Å². The number of nitrogen functional groups attached to an aromatic ring is 1. The summed E-state index contributed by atoms with van der Waals surface area (Å²) in [5.74, 6) is 0.0413. The lowest BCUT2D eigenvalue weighted by Crippen LogP contribution is -2.04. The van der Waals surface area contributed by atoms with Crippen molar-refractivity contribution in [2.24, 2.45) is 0 Å². The predicted molar refractivity (Wildman–Crippen MR) is 70.3 cm³/mol. The van der Waals surface area contributed by atoms with Gasteiger partial charge in [0.25, 0.3) is 0 Å². The molecule has 0 spiro atoms. The van der Waals surface area contributed by atoms with E-state index in [4.69, 9.17) is 17.3 Å². The van der Waals surface area contributed by atoms with Gasteiger partial charge in [-0.15, -0.1) is 0 Å². The molecule has 0 bridgehead atoms. The van der Waals surface area contributed by atoms with E-state index in [1.165, 1.54) is 0 Å². The Morgan fingerprint density at radius 3 is 2.47 bits per heavy atom. The van der Waals surface area contributed by atoms with Crippen LogP contribution in [0.5, 0.6) is 0 Å². The number of ketones is 1. The Hall–Kier alpha value is -1.80. The zero-order valence-corrected chi connectivity index (χ0v) is 9.95. The zero-order chi connectivity index (χ0) is 12.3. The number of hydrogen-bond acceptors (Lipinski definition) is 2. The SMILES string of the molecule is Nc1cc(C(=O)Cc2ccccc2)ccc1Cl. The Balaban J connectivity index is 2.18. The molecule has 2 N–H and O–H groups in total. The average molecular weight is 246 g/mol. The van der Waals surface area contributed by atoms with E-state index in [9.17, 15) is 4.79 Å². The number of nitrogens with two attached hydrogens (primary N) is 1. The molecule has 86 valence electrons. The topological polar surface area (TPSA) is 43.1 Å². The van der Waals surface area contributed by atoms with Gasteiger partial charge in [0, 0.05) is 12.0 Å². The monoisotopic (exact) mass is 245 g/mol. The summed E-state index contributed by atoms with van der Waals surface area (Å²) in [7, 11) is 0. The van der Waals surface area contributed by atoms with Crippen molar-refractivity contribution in [3.05, 3.63) is 64.7 Å². The van der Waals surface area contributed by atoms with Crippen LogP contribution >= 0.6 is 11.6 Å². The second kappa shape index (κ2) is 5.02. The minimum absolute atomic E-state index is 0.0413. The van der Waals surface area contributed by atoms with E-state index in [2.05, 4.69) is 0 Å². The lowest BCUT2D eigenvalue weighted by atomic mass is 10.0. The number of carbonyl (C=O) groups excluding carboxylic acids is 1. The Kier molecular flexibility index (Phi) is 3.45. The van der Waals surface area contributed by atoms with Gasteiger partial charge in [-0.1, -0.05) is 41.9 Å². The van der Waals surface area contributed by atoms with Gasteiger partial charge in [-0.25, -0.2) is 0 Å². The molecule has 2 nitrogen and oxygen atoms in total. The van der Waals surface area contributed by atoms with Crippen LogP contribution < -0.4 is 5.73 Å². The molecule has 2 rings (SSSR count). The summed E-state index contributed by atoms with van der Waals surface area (Å²) in [6.07, 6.45) is 0.377. The van der Waals surface area contributed by atoms with Crippen LogP contribution in [0.3, 0.4) is 0 Å². The summed E-state index contributed by atoms with van der Waals surface area (Å²) < 4.78 is 0. The van der Waals surface area contributed by atoms with Gasteiger partial charge in [-0.2, -0.15) is 0 Å². The molecular formula is C14H12ClNO. The smallest absolute Gasteiger partial charge is 0.167 e. The van der Waals surface area contributed by atoms with E-state index in [0.29, 0.717) is 22.7 Å². The fraction of sp³-hybridized carbons (Fsp3) is 0.0714. The van der Waals surface area contributed by atoms with Gasteiger partial charge in [0.1, 0.15) is 0 Å². The molecule has 2 aromatic rings. The van der Waals surface area contributed by atoms with Gasteiger partial charge in [-0.05, 0) is 23.8 Å². The van der Waals surface area contributed by atoms with Crippen LogP contribution in [0.25, 0.3) is 0 Å². The van der Waals surface area contributed by atoms with Crippen LogP contribution in [0, 0.1) is 0 Å². The van der Waals surface area contributed by atoms with Crippen LogP contribution in [0.15, 0.2) is 48.5 Å². The van der Waals surface area contributed by atoms with Gasteiger partial charge in [0.15, 0.2) is 5.78 Å². The Labute approximate surface area is 105 Å². The molecule has 0 amide bonds. The first-order chi connectivity index (χ1) is 8.16. The Morgan fingerprint density at radius 1 is 1.12 bits per heavy atom. The second-order valence-corrected chi connectivity index (χ2v) is 4.23. The average Bonchev–Trinajstić information content (AvgIpc) is 2.34. The summed E-state index contributed by atoms with van der Waals surface area (Å²) in [6.45, 7) is 0. The van der Waals surface area contributed by atoms with Crippen LogP contribution in [0.2, 0.25) is 5.02 Å². The van der Waals surface area contributed by atoms with Gasteiger partial charge < -0.3 is 5.73 Å². The molecule has 0 aromatic heterocycles. The number of carbonyl (C=O) groups is 1. The fourth-order valence-electron chi connectivity index (χ4n) is 1.60. The Bertz CT molecular complexity index is 537. The minimum atomic E-state index is 0.0413. The lowest BCUT2D eigenvalue weighted by molar-refractivity contribution is 0.0993. The molecule has 0 radical (unpaired) electrons. The first-order valence-corrected chi connectivity index (χ1v) is 5.67. The third-order valence-electron chi connectivity index (χ3n) is 2.53. The quantitative estimate of drug-likeness (QED) is 0.666. The summed E-state index contributed by atoms with van der Waals surface area (Å²) >= 11 is 5.81. The second-order valence-electron chi connectivity index (χ2n) is 3.82. The van der Waals surface area contributed by atoms with Crippen LogP contribution in [-0.2, 0) is 6.42 Å². The molecule has 0 fully saturated rings. The molecule has 0 aliphatic rings. The molecule has 2 aromatic carbocycles. The van der Waals surface area contributed by atoms with Crippen molar-refractivity contribution in [2.45, 2.75) is 6.42 Å². The summed E-state index contributed by atoms with van der Waals surface area (Å²) in [5.41, 5.74) is 7.69. The van der Waals surface area contributed by atoms with Crippen molar-refractivity contribution in [3.63, 3.8) is 0 Å². The van der Waals surface area contributed by atoms with Crippen LogP contribution in [-0.4, -0.2) is 5.78 Å². The van der Waals surface area contributed by atoms with E-state index in [1.807, 2.05) is 30.3 Å². The minimum Gasteiger partial charge on any atom is -0.398 e. The van der Waals surface area contributed by atoms with E-state index < -0.39 is 0 Å². The highest BCUT2D eigenvalue weighted by Crippen LogP contribution is 2.20. The predicted octanol–water partition coefficient (Wildman–Crippen LogP) is 3.35. The highest BCUT2D eigenvalue weighted by molar-refractivity contribution is 6.33. The van der Waals surface area contributed by atoms with Crippen molar-refractivity contribution in [1.29, 1.82) is 0 Å². The number of anilines is 1. The molecular weight excluding hydrogens is 234 g/mol. The van der Waals surface area contributed by atoms with E-state index in [1.54, 1.807) is 18.2 Å². The van der Waals surface area contributed by atoms with E-state index in [0.717, 1.165) is 5.56 Å². The van der Waals surface area contributed by atoms with Gasteiger partial charge in [0.05, 0.1) is 10.7 Å². The third-order valence-corrected chi connectivity index (χ3v) is 2.87. The van der Waals surface area contributed by atoms with Crippen molar-refractivity contribution in [3.8, 4) is 0 Å². The number of hydrogen-bond donors (Lipinski definition) is 1. The Morgan fingerprint density at radius 2 is 1.82 bits per heavy atom. The van der Waals surface area contributed by atoms with Gasteiger partial charge in [-0.3, -0.25) is 4.79 Å². The molecule has 0 heterocycles. The maximum Gasteiger partial charge on any atom is 0.167 e. The zero-order valence-electron chi connectivity index (χ0n) is 9.19. The maximum atomic E-state index is 12.0. The summed E-state index contributed by atoms with van der Waals surface area (Å²) in [5, 5.41) is 0.473. The standard InChI is InChI=1S/C14H12ClNO/c15-12-7-6-11(9-13(12)16)14(17)8-10-4-2-1-3-5-10/h1-7,9H,8,16H2. The highest BCUT2D eigenvalue weighted by atomic mass is 35.5. The molecule has 0 unspecified atom stereocenters.